The summed E-state index contributed by atoms with van der Waals surface area (Å²) in [5, 5.41) is 3.29. The molecule has 1 rings (SSSR count). The lowest BCUT2D eigenvalue weighted by atomic mass is 10.3. The number of nitrogens with one attached hydrogen (secondary N) is 1. The van der Waals surface area contributed by atoms with Crippen LogP contribution in [0.4, 0.5) is 0 Å². The first kappa shape index (κ1) is 9.52. The summed E-state index contributed by atoms with van der Waals surface area (Å²) in [6.07, 6.45) is 2.25. The molecule has 1 N–H and O–H groups in total. The summed E-state index contributed by atoms with van der Waals surface area (Å²) in [5.41, 5.74) is 1.25. The highest BCUT2D eigenvalue weighted by atomic mass is 32.1. The second-order valence-electron chi connectivity index (χ2n) is 3.33. The number of hydrogen-bond acceptors (Lipinski definition) is 1. The third kappa shape index (κ3) is 1.97. The third-order valence-electron chi connectivity index (χ3n) is 1.83. The van der Waals surface area contributed by atoms with Crippen LogP contribution in [0.3, 0.4) is 0 Å². The number of aryl methyl sites for hydroxylation is 1. The topological polar surface area (TPSA) is 20.7 Å². The van der Waals surface area contributed by atoms with Crippen LogP contribution in [-0.4, -0.2) is 9.78 Å². The lowest BCUT2D eigenvalue weighted by Gasteiger charge is -2.05. The number of nitrogens with zero attached hydrogens (tertiary/aromatic N) is 1. The van der Waals surface area contributed by atoms with Crippen LogP contribution in [-0.2, 0) is 6.42 Å². The Bertz CT molecular complexity index is 296. The Morgan fingerprint density at radius 3 is 2.67 bits per heavy atom. The van der Waals surface area contributed by atoms with Gasteiger partial charge in [-0.15, -0.1) is 0 Å². The summed E-state index contributed by atoms with van der Waals surface area (Å²) in [6, 6.07) is 2.49. The molecular weight excluding hydrogens is 168 g/mol. The Morgan fingerprint density at radius 1 is 1.58 bits per heavy atom. The average Bonchev–Trinajstić information content (AvgIpc) is 2.32. The molecule has 1 heterocycles. The van der Waals surface area contributed by atoms with Gasteiger partial charge in [-0.1, -0.05) is 25.6 Å². The summed E-state index contributed by atoms with van der Waals surface area (Å²) in [4.78, 5) is 0. The second kappa shape index (κ2) is 3.90. The van der Waals surface area contributed by atoms with E-state index < -0.39 is 0 Å². The molecule has 1 aromatic rings. The van der Waals surface area contributed by atoms with Gasteiger partial charge in [-0.2, -0.15) is 0 Å². The summed E-state index contributed by atoms with van der Waals surface area (Å²) >= 11 is 5.19. The number of H-pyrrole nitrogens is 1. The number of hydrogen-bond donors (Lipinski definition) is 1. The average molecular weight is 184 g/mol. The van der Waals surface area contributed by atoms with Gasteiger partial charge in [-0.05, 0) is 26.3 Å². The minimum absolute atomic E-state index is 0.433. The van der Waals surface area contributed by atoms with E-state index in [0.717, 1.165) is 17.5 Å². The number of aromatic amines is 1. The first-order valence-electron chi connectivity index (χ1n) is 4.45. The van der Waals surface area contributed by atoms with E-state index >= 15 is 0 Å². The molecule has 0 aliphatic heterocycles. The molecule has 0 amide bonds. The Labute approximate surface area is 78.6 Å². The predicted octanol–water partition coefficient (Wildman–Crippen LogP) is 3.08. The molecule has 1 aromatic heterocycles. The van der Waals surface area contributed by atoms with E-state index in [1.807, 2.05) is 4.68 Å². The maximum absolute atomic E-state index is 5.19. The fourth-order valence-corrected chi connectivity index (χ4v) is 1.64. The lowest BCUT2D eigenvalue weighted by molar-refractivity contribution is 0.520. The quantitative estimate of drug-likeness (QED) is 0.716. The van der Waals surface area contributed by atoms with Gasteiger partial charge in [0.2, 0.25) is 0 Å². The molecule has 0 saturated carbocycles. The van der Waals surface area contributed by atoms with Gasteiger partial charge in [0.25, 0.3) is 0 Å². The van der Waals surface area contributed by atoms with Crippen molar-refractivity contribution < 1.29 is 0 Å². The summed E-state index contributed by atoms with van der Waals surface area (Å²) < 4.78 is 2.94. The molecule has 2 nitrogen and oxygen atoms in total. The van der Waals surface area contributed by atoms with Crippen LogP contribution in [0.25, 0.3) is 0 Å². The van der Waals surface area contributed by atoms with Crippen LogP contribution in [0.2, 0.25) is 0 Å². The van der Waals surface area contributed by atoms with Crippen molar-refractivity contribution >= 4 is 12.2 Å². The van der Waals surface area contributed by atoms with Crippen molar-refractivity contribution in [2.45, 2.75) is 39.7 Å². The van der Waals surface area contributed by atoms with Crippen molar-refractivity contribution in [2.24, 2.45) is 0 Å². The van der Waals surface area contributed by atoms with E-state index in [1.165, 1.54) is 5.69 Å². The molecule has 12 heavy (non-hydrogen) atoms. The molecule has 0 unspecified atom stereocenters. The fourth-order valence-electron chi connectivity index (χ4n) is 1.24. The molecule has 3 heteroatoms. The molecule has 0 aliphatic rings. The standard InChI is InChI=1S/C9H16N2S/c1-4-5-8-6-9(12)11(10-8)7(2)3/h6-7,10H,4-5H2,1-3H3. The summed E-state index contributed by atoms with van der Waals surface area (Å²) in [6.45, 7) is 6.42. The first-order valence-corrected chi connectivity index (χ1v) is 4.86. The Kier molecular flexibility index (Phi) is 3.09. The van der Waals surface area contributed by atoms with E-state index in [1.54, 1.807) is 0 Å². The van der Waals surface area contributed by atoms with Crippen LogP contribution in [0.15, 0.2) is 6.07 Å². The molecule has 0 atom stereocenters. The Balaban J connectivity index is 2.93. The van der Waals surface area contributed by atoms with Crippen LogP contribution in [0, 0.1) is 4.64 Å². The lowest BCUT2D eigenvalue weighted by Crippen LogP contribution is -2.03. The van der Waals surface area contributed by atoms with Gasteiger partial charge in [0.05, 0.1) is 0 Å². The summed E-state index contributed by atoms with van der Waals surface area (Å²) in [5.74, 6) is 0. The van der Waals surface area contributed by atoms with E-state index in [9.17, 15) is 0 Å². The molecule has 0 spiro atoms. The largest absolute Gasteiger partial charge is 0.301 e. The van der Waals surface area contributed by atoms with E-state index in [-0.39, 0.29) is 0 Å². The fraction of sp³-hybridized carbons (Fsp3) is 0.667. The number of rotatable bonds is 3. The van der Waals surface area contributed by atoms with Crippen molar-refractivity contribution in [1.29, 1.82) is 0 Å². The Morgan fingerprint density at radius 2 is 2.25 bits per heavy atom. The molecular formula is C9H16N2S. The van der Waals surface area contributed by atoms with Crippen molar-refractivity contribution in [1.82, 2.24) is 9.78 Å². The van der Waals surface area contributed by atoms with Crippen molar-refractivity contribution in [3.63, 3.8) is 0 Å². The maximum Gasteiger partial charge on any atom is 0.122 e. The first-order chi connectivity index (χ1) is 5.65. The molecule has 0 fully saturated rings. The summed E-state index contributed by atoms with van der Waals surface area (Å²) in [7, 11) is 0. The minimum Gasteiger partial charge on any atom is -0.301 e. The smallest absolute Gasteiger partial charge is 0.122 e. The second-order valence-corrected chi connectivity index (χ2v) is 3.75. The molecule has 0 aliphatic carbocycles. The highest BCUT2D eigenvalue weighted by Crippen LogP contribution is 2.08. The number of aromatic nitrogens is 2. The van der Waals surface area contributed by atoms with Gasteiger partial charge in [0, 0.05) is 11.7 Å². The molecule has 0 radical (unpaired) electrons. The zero-order valence-corrected chi connectivity index (χ0v) is 8.74. The van der Waals surface area contributed by atoms with Gasteiger partial charge in [0.15, 0.2) is 0 Å². The highest BCUT2D eigenvalue weighted by Gasteiger charge is 2.01. The van der Waals surface area contributed by atoms with Gasteiger partial charge >= 0.3 is 0 Å². The van der Waals surface area contributed by atoms with E-state index in [4.69, 9.17) is 12.2 Å². The molecule has 0 bridgehead atoms. The van der Waals surface area contributed by atoms with Crippen molar-refractivity contribution in [2.75, 3.05) is 0 Å². The minimum atomic E-state index is 0.433. The maximum atomic E-state index is 5.19. The normalized spacial score (nSPS) is 11.0. The van der Waals surface area contributed by atoms with Crippen LogP contribution < -0.4 is 0 Å². The molecule has 0 aromatic carbocycles. The van der Waals surface area contributed by atoms with Gasteiger partial charge in [-0.25, -0.2) is 0 Å². The van der Waals surface area contributed by atoms with Crippen LogP contribution >= 0.6 is 12.2 Å². The highest BCUT2D eigenvalue weighted by molar-refractivity contribution is 7.71. The van der Waals surface area contributed by atoms with Crippen molar-refractivity contribution in [3.05, 3.63) is 16.4 Å². The SMILES string of the molecule is CCCc1cc(=S)n(C(C)C)[nH]1. The zero-order chi connectivity index (χ0) is 9.14. The predicted molar refractivity (Wildman–Crippen MR) is 54.0 cm³/mol. The third-order valence-corrected chi connectivity index (χ3v) is 2.15. The van der Waals surface area contributed by atoms with Crippen molar-refractivity contribution in [3.8, 4) is 0 Å². The van der Waals surface area contributed by atoms with Crippen LogP contribution in [0.1, 0.15) is 38.9 Å². The van der Waals surface area contributed by atoms with Gasteiger partial charge in [0.1, 0.15) is 4.64 Å². The molecule has 68 valence electrons. The zero-order valence-electron chi connectivity index (χ0n) is 7.92. The van der Waals surface area contributed by atoms with E-state index in [2.05, 4.69) is 31.9 Å². The van der Waals surface area contributed by atoms with Gasteiger partial charge in [-0.3, -0.25) is 4.68 Å². The van der Waals surface area contributed by atoms with Gasteiger partial charge < -0.3 is 5.10 Å². The van der Waals surface area contributed by atoms with E-state index in [0.29, 0.717) is 6.04 Å². The molecule has 0 saturated heterocycles. The Hall–Kier alpha value is -0.570. The monoisotopic (exact) mass is 184 g/mol. The van der Waals surface area contributed by atoms with Crippen LogP contribution in [0.5, 0.6) is 0 Å².